The van der Waals surface area contributed by atoms with Crippen LogP contribution in [-0.4, -0.2) is 37.1 Å². The molecule has 25 heavy (non-hydrogen) atoms. The number of halogens is 3. The van der Waals surface area contributed by atoms with Crippen molar-refractivity contribution in [2.24, 2.45) is 0 Å². The van der Waals surface area contributed by atoms with E-state index in [9.17, 15) is 22.8 Å². The van der Waals surface area contributed by atoms with Crippen LogP contribution in [0.3, 0.4) is 0 Å². The summed E-state index contributed by atoms with van der Waals surface area (Å²) in [5.74, 6) is -3.76. The van der Waals surface area contributed by atoms with Crippen molar-refractivity contribution in [1.29, 1.82) is 0 Å². The lowest BCUT2D eigenvalue weighted by Crippen LogP contribution is -2.44. The van der Waals surface area contributed by atoms with Gasteiger partial charge in [-0.15, -0.1) is 0 Å². The molecule has 2 N–H and O–H groups in total. The van der Waals surface area contributed by atoms with E-state index in [4.69, 9.17) is 9.47 Å². The molecule has 1 aromatic carbocycles. The van der Waals surface area contributed by atoms with Crippen LogP contribution in [0.1, 0.15) is 19.4 Å². The molecule has 0 radical (unpaired) electrons. The molecule has 0 unspecified atom stereocenters. The van der Waals surface area contributed by atoms with Gasteiger partial charge in [0.25, 0.3) is 0 Å². The summed E-state index contributed by atoms with van der Waals surface area (Å²) in [4.78, 5) is 26.6. The van der Waals surface area contributed by atoms with Gasteiger partial charge in [0.2, 0.25) is 0 Å². The Morgan fingerprint density at radius 1 is 1.12 bits per heavy atom. The molecule has 140 valence electrons. The minimum Gasteiger partial charge on any atom is -0.445 e. The van der Waals surface area contributed by atoms with Crippen molar-refractivity contribution in [3.8, 4) is 0 Å². The standard InChI is InChI=1S/C15H19F3N2O5/c1-14(2,25-20-12(21)15(16,17)18)24-9-8-19-13(22)23-10-11-6-4-3-5-7-11/h3-7H,8-10H2,1-2H3,(H,19,22)(H,20,21). The lowest BCUT2D eigenvalue weighted by atomic mass is 10.2. The number of carbonyl (C=O) groups is 2. The molecule has 7 nitrogen and oxygen atoms in total. The highest BCUT2D eigenvalue weighted by Crippen LogP contribution is 2.16. The van der Waals surface area contributed by atoms with Crippen LogP contribution in [0.25, 0.3) is 0 Å². The summed E-state index contributed by atoms with van der Waals surface area (Å²) in [5, 5.41) is 2.41. The molecule has 0 aliphatic heterocycles. The predicted molar refractivity (Wildman–Crippen MR) is 79.9 cm³/mol. The van der Waals surface area contributed by atoms with Crippen molar-refractivity contribution in [2.45, 2.75) is 32.4 Å². The molecule has 1 rings (SSSR count). The first kappa shape index (κ1) is 20.7. The van der Waals surface area contributed by atoms with Gasteiger partial charge in [-0.25, -0.2) is 15.1 Å². The number of amides is 2. The number of hydrogen-bond acceptors (Lipinski definition) is 5. The van der Waals surface area contributed by atoms with E-state index >= 15 is 0 Å². The van der Waals surface area contributed by atoms with E-state index < -0.39 is 24.0 Å². The Morgan fingerprint density at radius 2 is 1.76 bits per heavy atom. The second-order valence-electron chi connectivity index (χ2n) is 5.27. The van der Waals surface area contributed by atoms with Gasteiger partial charge in [0.05, 0.1) is 6.61 Å². The zero-order chi connectivity index (χ0) is 18.9. The van der Waals surface area contributed by atoms with Gasteiger partial charge in [-0.2, -0.15) is 13.2 Å². The monoisotopic (exact) mass is 364 g/mol. The third-order valence-electron chi connectivity index (χ3n) is 2.68. The van der Waals surface area contributed by atoms with E-state index in [1.54, 1.807) is 12.1 Å². The van der Waals surface area contributed by atoms with Crippen LogP contribution < -0.4 is 10.8 Å². The van der Waals surface area contributed by atoms with Crippen LogP contribution in [-0.2, 0) is 25.7 Å². The second-order valence-corrected chi connectivity index (χ2v) is 5.27. The maximum absolute atomic E-state index is 12.0. The van der Waals surface area contributed by atoms with Gasteiger partial charge in [-0.1, -0.05) is 30.3 Å². The van der Waals surface area contributed by atoms with Gasteiger partial charge < -0.3 is 14.8 Å². The van der Waals surface area contributed by atoms with Gasteiger partial charge in [-0.3, -0.25) is 4.79 Å². The van der Waals surface area contributed by atoms with Crippen molar-refractivity contribution < 1.29 is 37.1 Å². The summed E-state index contributed by atoms with van der Waals surface area (Å²) in [6, 6.07) is 9.05. The van der Waals surface area contributed by atoms with Crippen LogP contribution in [0.15, 0.2) is 30.3 Å². The Kier molecular flexibility index (Phi) is 7.65. The van der Waals surface area contributed by atoms with Crippen LogP contribution in [0.5, 0.6) is 0 Å². The summed E-state index contributed by atoms with van der Waals surface area (Å²) in [5.41, 5.74) is 2.07. The number of rotatable bonds is 8. The molecule has 0 spiro atoms. The van der Waals surface area contributed by atoms with Crippen molar-refractivity contribution in [3.63, 3.8) is 0 Å². The van der Waals surface area contributed by atoms with E-state index in [0.717, 1.165) is 5.56 Å². The quantitative estimate of drug-likeness (QED) is 0.420. The summed E-state index contributed by atoms with van der Waals surface area (Å²) in [6.45, 7) is 2.67. The van der Waals surface area contributed by atoms with Crippen LogP contribution in [0.2, 0.25) is 0 Å². The van der Waals surface area contributed by atoms with Gasteiger partial charge >= 0.3 is 18.2 Å². The number of ether oxygens (including phenoxy) is 2. The molecule has 0 aliphatic carbocycles. The molecule has 0 bridgehead atoms. The average Bonchev–Trinajstić information content (AvgIpc) is 2.55. The fourth-order valence-corrected chi connectivity index (χ4v) is 1.48. The van der Waals surface area contributed by atoms with Gasteiger partial charge in [0, 0.05) is 6.54 Å². The third kappa shape index (κ3) is 8.91. The van der Waals surface area contributed by atoms with Crippen LogP contribution in [0, 0.1) is 0 Å². The van der Waals surface area contributed by atoms with Crippen molar-refractivity contribution in [3.05, 3.63) is 35.9 Å². The minimum atomic E-state index is -5.06. The highest BCUT2D eigenvalue weighted by molar-refractivity contribution is 5.80. The van der Waals surface area contributed by atoms with Crippen LogP contribution in [0.4, 0.5) is 18.0 Å². The number of benzene rings is 1. The van der Waals surface area contributed by atoms with Crippen molar-refractivity contribution >= 4 is 12.0 Å². The smallest absolute Gasteiger partial charge is 0.445 e. The SMILES string of the molecule is CC(C)(OCCNC(=O)OCc1ccccc1)ONC(=O)C(F)(F)F. The van der Waals surface area contributed by atoms with E-state index in [1.807, 2.05) is 18.2 Å². The van der Waals surface area contributed by atoms with Gasteiger partial charge in [0.1, 0.15) is 6.61 Å². The second kappa shape index (κ2) is 9.23. The maximum atomic E-state index is 12.0. The summed E-state index contributed by atoms with van der Waals surface area (Å²) < 4.78 is 46.2. The highest BCUT2D eigenvalue weighted by atomic mass is 19.4. The molecular weight excluding hydrogens is 345 g/mol. The van der Waals surface area contributed by atoms with Crippen LogP contribution >= 0.6 is 0 Å². The van der Waals surface area contributed by atoms with Crippen molar-refractivity contribution in [1.82, 2.24) is 10.8 Å². The van der Waals surface area contributed by atoms with Crippen molar-refractivity contribution in [2.75, 3.05) is 13.2 Å². The fourth-order valence-electron chi connectivity index (χ4n) is 1.48. The number of hydrogen-bond donors (Lipinski definition) is 2. The first-order valence-corrected chi connectivity index (χ1v) is 7.24. The van der Waals surface area contributed by atoms with E-state index in [0.29, 0.717) is 0 Å². The summed E-state index contributed by atoms with van der Waals surface area (Å²) in [7, 11) is 0. The van der Waals surface area contributed by atoms with E-state index in [1.165, 1.54) is 19.3 Å². The lowest BCUT2D eigenvalue weighted by Gasteiger charge is -2.25. The average molecular weight is 364 g/mol. The Morgan fingerprint density at radius 3 is 2.36 bits per heavy atom. The molecule has 0 fully saturated rings. The van der Waals surface area contributed by atoms with Gasteiger partial charge in [0.15, 0.2) is 5.79 Å². The van der Waals surface area contributed by atoms with E-state index in [-0.39, 0.29) is 19.8 Å². The molecule has 10 heteroatoms. The summed E-state index contributed by atoms with van der Waals surface area (Å²) >= 11 is 0. The highest BCUT2D eigenvalue weighted by Gasteiger charge is 2.40. The molecule has 0 atom stereocenters. The predicted octanol–water partition coefficient (Wildman–Crippen LogP) is 2.28. The lowest BCUT2D eigenvalue weighted by molar-refractivity contribution is -0.254. The Labute approximate surface area is 142 Å². The zero-order valence-corrected chi connectivity index (χ0v) is 13.7. The largest absolute Gasteiger partial charge is 0.473 e. The Bertz CT molecular complexity index is 564. The molecule has 0 aliphatic rings. The zero-order valence-electron chi connectivity index (χ0n) is 13.7. The Hall–Kier alpha value is -2.33. The number of nitrogens with one attached hydrogen (secondary N) is 2. The normalized spacial score (nSPS) is 11.7. The molecule has 2 amide bonds. The topological polar surface area (TPSA) is 85.9 Å². The molecule has 0 heterocycles. The third-order valence-corrected chi connectivity index (χ3v) is 2.68. The number of alkyl carbamates (subject to hydrolysis) is 1. The first-order valence-electron chi connectivity index (χ1n) is 7.24. The Balaban J connectivity index is 2.18. The minimum absolute atomic E-state index is 0.0353. The number of alkyl halides is 3. The number of carbonyl (C=O) groups excluding carboxylic acids is 2. The maximum Gasteiger partial charge on any atom is 0.473 e. The number of hydroxylamine groups is 1. The first-order chi connectivity index (χ1) is 11.6. The molecule has 0 saturated carbocycles. The molecule has 0 saturated heterocycles. The summed E-state index contributed by atoms with van der Waals surface area (Å²) in [6.07, 6.45) is -5.73. The molecular formula is C15H19F3N2O5. The molecule has 1 aromatic rings. The molecule has 0 aromatic heterocycles. The van der Waals surface area contributed by atoms with Gasteiger partial charge in [-0.05, 0) is 19.4 Å². The fraction of sp³-hybridized carbons (Fsp3) is 0.467. The van der Waals surface area contributed by atoms with E-state index in [2.05, 4.69) is 10.2 Å².